The normalized spacial score (nSPS) is 10.6. The molecule has 3 aromatic carbocycles. The van der Waals surface area contributed by atoms with Crippen LogP contribution in [0.3, 0.4) is 0 Å². The Labute approximate surface area is 161 Å². The van der Waals surface area contributed by atoms with Crippen LogP contribution in [0.25, 0.3) is 0 Å². The van der Waals surface area contributed by atoms with Gasteiger partial charge in [-0.1, -0.05) is 56.3 Å². The molecule has 0 bridgehead atoms. The van der Waals surface area contributed by atoms with E-state index in [0.29, 0.717) is 18.1 Å². The van der Waals surface area contributed by atoms with Gasteiger partial charge < -0.3 is 10.1 Å². The zero-order valence-electron chi connectivity index (χ0n) is 15.8. The van der Waals surface area contributed by atoms with Crippen molar-refractivity contribution in [2.75, 3.05) is 11.9 Å². The van der Waals surface area contributed by atoms with E-state index in [0.717, 1.165) is 17.9 Å². The molecular formula is C24H25NO2. The minimum Gasteiger partial charge on any atom is -0.493 e. The SMILES string of the molecule is CC(C)c1ccc(C(=O)Nc2ccc(OCCc3ccccc3)cc2)cc1. The Balaban J connectivity index is 1.51. The van der Waals surface area contributed by atoms with Crippen molar-refractivity contribution < 1.29 is 9.53 Å². The van der Waals surface area contributed by atoms with Crippen LogP contribution in [0.5, 0.6) is 5.75 Å². The Morgan fingerprint density at radius 1 is 0.889 bits per heavy atom. The lowest BCUT2D eigenvalue weighted by Gasteiger charge is -2.09. The van der Waals surface area contributed by atoms with Crippen LogP contribution >= 0.6 is 0 Å². The lowest BCUT2D eigenvalue weighted by molar-refractivity contribution is 0.102. The van der Waals surface area contributed by atoms with E-state index in [1.807, 2.05) is 66.7 Å². The summed E-state index contributed by atoms with van der Waals surface area (Å²) in [7, 11) is 0. The first-order valence-electron chi connectivity index (χ1n) is 9.30. The summed E-state index contributed by atoms with van der Waals surface area (Å²) in [6, 6.07) is 25.5. The number of hydrogen-bond acceptors (Lipinski definition) is 2. The molecule has 0 radical (unpaired) electrons. The molecule has 0 fully saturated rings. The summed E-state index contributed by atoms with van der Waals surface area (Å²) in [5.74, 6) is 1.14. The van der Waals surface area contributed by atoms with Crippen LogP contribution in [0.2, 0.25) is 0 Å². The molecule has 138 valence electrons. The first kappa shape index (κ1) is 18.7. The number of hydrogen-bond donors (Lipinski definition) is 1. The molecule has 3 nitrogen and oxygen atoms in total. The average Bonchev–Trinajstić information content (AvgIpc) is 2.70. The minimum atomic E-state index is -0.108. The highest BCUT2D eigenvalue weighted by Crippen LogP contribution is 2.18. The number of benzene rings is 3. The lowest BCUT2D eigenvalue weighted by Crippen LogP contribution is -2.11. The number of amides is 1. The third-order valence-electron chi connectivity index (χ3n) is 4.45. The van der Waals surface area contributed by atoms with Gasteiger partial charge in [-0.15, -0.1) is 0 Å². The topological polar surface area (TPSA) is 38.3 Å². The highest BCUT2D eigenvalue weighted by Gasteiger charge is 2.07. The van der Waals surface area contributed by atoms with Crippen molar-refractivity contribution in [1.82, 2.24) is 0 Å². The first-order valence-corrected chi connectivity index (χ1v) is 9.30. The molecule has 27 heavy (non-hydrogen) atoms. The summed E-state index contributed by atoms with van der Waals surface area (Å²) in [5.41, 5.74) is 3.89. The predicted octanol–water partition coefficient (Wildman–Crippen LogP) is 5.68. The third kappa shape index (κ3) is 5.45. The van der Waals surface area contributed by atoms with Gasteiger partial charge >= 0.3 is 0 Å². The number of carbonyl (C=O) groups is 1. The quantitative estimate of drug-likeness (QED) is 0.589. The highest BCUT2D eigenvalue weighted by atomic mass is 16.5. The molecule has 0 aliphatic rings. The number of anilines is 1. The fourth-order valence-electron chi connectivity index (χ4n) is 2.79. The van der Waals surface area contributed by atoms with E-state index in [1.54, 1.807) is 0 Å². The molecule has 3 rings (SSSR count). The van der Waals surface area contributed by atoms with Crippen molar-refractivity contribution in [3.05, 3.63) is 95.6 Å². The Bertz CT molecular complexity index is 853. The summed E-state index contributed by atoms with van der Waals surface area (Å²) in [5, 5.41) is 2.92. The maximum absolute atomic E-state index is 12.4. The minimum absolute atomic E-state index is 0.108. The fraction of sp³-hybridized carbons (Fsp3) is 0.208. The molecule has 0 aromatic heterocycles. The zero-order valence-corrected chi connectivity index (χ0v) is 15.8. The van der Waals surface area contributed by atoms with Crippen molar-refractivity contribution in [2.45, 2.75) is 26.2 Å². The summed E-state index contributed by atoms with van der Waals surface area (Å²) < 4.78 is 5.78. The second kappa shape index (κ2) is 9.04. The van der Waals surface area contributed by atoms with Crippen LogP contribution in [-0.2, 0) is 6.42 Å². The second-order valence-electron chi connectivity index (χ2n) is 6.84. The van der Waals surface area contributed by atoms with Gasteiger partial charge in [-0.2, -0.15) is 0 Å². The molecule has 0 unspecified atom stereocenters. The molecule has 0 saturated heterocycles. The molecule has 3 aromatic rings. The van der Waals surface area contributed by atoms with Gasteiger partial charge in [0.1, 0.15) is 5.75 Å². The van der Waals surface area contributed by atoms with Gasteiger partial charge in [-0.3, -0.25) is 4.79 Å². The molecule has 0 atom stereocenters. The highest BCUT2D eigenvalue weighted by molar-refractivity contribution is 6.04. The molecule has 3 heteroatoms. The van der Waals surface area contributed by atoms with Crippen molar-refractivity contribution in [3.8, 4) is 5.75 Å². The molecule has 0 saturated carbocycles. The number of ether oxygens (including phenoxy) is 1. The van der Waals surface area contributed by atoms with Crippen LogP contribution < -0.4 is 10.1 Å². The van der Waals surface area contributed by atoms with E-state index in [2.05, 4.69) is 31.3 Å². The van der Waals surface area contributed by atoms with Crippen LogP contribution in [0.15, 0.2) is 78.9 Å². The first-order chi connectivity index (χ1) is 13.1. The Morgan fingerprint density at radius 3 is 2.19 bits per heavy atom. The third-order valence-corrected chi connectivity index (χ3v) is 4.45. The van der Waals surface area contributed by atoms with Gasteiger partial charge in [0.15, 0.2) is 0 Å². The van der Waals surface area contributed by atoms with E-state index in [9.17, 15) is 4.79 Å². The molecule has 1 N–H and O–H groups in total. The van der Waals surface area contributed by atoms with Crippen molar-refractivity contribution in [2.24, 2.45) is 0 Å². The van der Waals surface area contributed by atoms with Crippen LogP contribution in [0, 0.1) is 0 Å². The standard InChI is InChI=1S/C24H25NO2/c1-18(2)20-8-10-21(11-9-20)24(26)25-22-12-14-23(15-13-22)27-17-16-19-6-4-3-5-7-19/h3-15,18H,16-17H2,1-2H3,(H,25,26). The van der Waals surface area contributed by atoms with E-state index in [-0.39, 0.29) is 5.91 Å². The number of nitrogens with one attached hydrogen (secondary N) is 1. The van der Waals surface area contributed by atoms with Gasteiger partial charge in [0.05, 0.1) is 6.61 Å². The maximum atomic E-state index is 12.4. The summed E-state index contributed by atoms with van der Waals surface area (Å²) in [4.78, 5) is 12.4. The van der Waals surface area contributed by atoms with E-state index in [4.69, 9.17) is 4.74 Å². The van der Waals surface area contributed by atoms with Gasteiger partial charge in [0.2, 0.25) is 0 Å². The summed E-state index contributed by atoms with van der Waals surface area (Å²) in [6.45, 7) is 4.90. The zero-order chi connectivity index (χ0) is 19.1. The van der Waals surface area contributed by atoms with Gasteiger partial charge in [0.25, 0.3) is 5.91 Å². The Morgan fingerprint density at radius 2 is 1.56 bits per heavy atom. The van der Waals surface area contributed by atoms with Crippen LogP contribution in [-0.4, -0.2) is 12.5 Å². The molecule has 0 aliphatic heterocycles. The van der Waals surface area contributed by atoms with Crippen molar-refractivity contribution >= 4 is 11.6 Å². The summed E-state index contributed by atoms with van der Waals surface area (Å²) >= 11 is 0. The van der Waals surface area contributed by atoms with Crippen molar-refractivity contribution in [1.29, 1.82) is 0 Å². The average molecular weight is 359 g/mol. The maximum Gasteiger partial charge on any atom is 0.255 e. The molecule has 0 heterocycles. The Kier molecular flexibility index (Phi) is 6.26. The Hall–Kier alpha value is -3.07. The van der Waals surface area contributed by atoms with Gasteiger partial charge in [-0.25, -0.2) is 0 Å². The monoisotopic (exact) mass is 359 g/mol. The number of rotatable bonds is 7. The second-order valence-corrected chi connectivity index (χ2v) is 6.84. The molecule has 0 aliphatic carbocycles. The molecular weight excluding hydrogens is 334 g/mol. The molecule has 1 amide bonds. The predicted molar refractivity (Wildman–Crippen MR) is 111 cm³/mol. The van der Waals surface area contributed by atoms with E-state index >= 15 is 0 Å². The number of carbonyl (C=O) groups excluding carboxylic acids is 1. The fourth-order valence-corrected chi connectivity index (χ4v) is 2.79. The largest absolute Gasteiger partial charge is 0.493 e. The van der Waals surface area contributed by atoms with Crippen molar-refractivity contribution in [3.63, 3.8) is 0 Å². The van der Waals surface area contributed by atoms with Gasteiger partial charge in [0, 0.05) is 17.7 Å². The molecule has 0 spiro atoms. The van der Waals surface area contributed by atoms with Crippen LogP contribution in [0.4, 0.5) is 5.69 Å². The lowest BCUT2D eigenvalue weighted by atomic mass is 10.0. The van der Waals surface area contributed by atoms with Crippen LogP contribution in [0.1, 0.15) is 41.3 Å². The van der Waals surface area contributed by atoms with Gasteiger partial charge in [-0.05, 0) is 53.4 Å². The smallest absolute Gasteiger partial charge is 0.255 e. The van der Waals surface area contributed by atoms with E-state index < -0.39 is 0 Å². The van der Waals surface area contributed by atoms with E-state index in [1.165, 1.54) is 11.1 Å². The summed E-state index contributed by atoms with van der Waals surface area (Å²) in [6.07, 6.45) is 0.867.